The highest BCUT2D eigenvalue weighted by atomic mass is 79.9. The van der Waals surface area contributed by atoms with Crippen LogP contribution >= 0.6 is 15.9 Å². The normalized spacial score (nSPS) is 9.83. The zero-order chi connectivity index (χ0) is 9.30. The Balaban J connectivity index is 3.54. The van der Waals surface area contributed by atoms with Crippen molar-refractivity contribution in [1.82, 2.24) is 4.57 Å². The summed E-state index contributed by atoms with van der Waals surface area (Å²) in [4.78, 5) is 21.6. The van der Waals surface area contributed by atoms with Gasteiger partial charge in [-0.2, -0.15) is 0 Å². The summed E-state index contributed by atoms with van der Waals surface area (Å²) in [6.45, 7) is 0. The predicted molar refractivity (Wildman–Crippen MR) is 46.3 cm³/mol. The maximum absolute atomic E-state index is 11.0. The zero-order valence-corrected chi connectivity index (χ0v) is 7.83. The van der Waals surface area contributed by atoms with Gasteiger partial charge < -0.3 is 9.67 Å². The molecule has 0 bridgehead atoms. The maximum Gasteiger partial charge on any atom is 0.353 e. The Morgan fingerprint density at radius 3 is 2.58 bits per heavy atom. The molecule has 1 aromatic rings. The molecule has 1 N–H and O–H groups in total. The summed E-state index contributed by atoms with van der Waals surface area (Å²) in [5.41, 5.74) is -0.377. The van der Waals surface area contributed by atoms with Gasteiger partial charge in [-0.15, -0.1) is 0 Å². The molecule has 0 spiro atoms. The van der Waals surface area contributed by atoms with Gasteiger partial charge in [-0.1, -0.05) is 0 Å². The molecule has 0 atom stereocenters. The van der Waals surface area contributed by atoms with E-state index in [9.17, 15) is 9.59 Å². The van der Waals surface area contributed by atoms with Crippen LogP contribution in [0.3, 0.4) is 0 Å². The summed E-state index contributed by atoms with van der Waals surface area (Å²) in [6, 6.07) is 2.72. The Kier molecular flexibility index (Phi) is 2.32. The van der Waals surface area contributed by atoms with Crippen molar-refractivity contribution in [2.24, 2.45) is 7.05 Å². The fraction of sp³-hybridized carbons (Fsp3) is 0.143. The first kappa shape index (κ1) is 8.99. The predicted octanol–water partition coefficient (Wildman–Crippen LogP) is 0.846. The van der Waals surface area contributed by atoms with E-state index in [1.54, 1.807) is 0 Å². The van der Waals surface area contributed by atoms with Crippen molar-refractivity contribution < 1.29 is 9.90 Å². The smallest absolute Gasteiger partial charge is 0.353 e. The van der Waals surface area contributed by atoms with Crippen LogP contribution in [0.25, 0.3) is 0 Å². The maximum atomic E-state index is 11.0. The van der Waals surface area contributed by atoms with Gasteiger partial charge in [0.1, 0.15) is 5.69 Å². The molecule has 0 aliphatic carbocycles. The molecule has 0 unspecified atom stereocenters. The number of carboxylic acid groups (broad SMARTS) is 1. The Morgan fingerprint density at radius 2 is 2.17 bits per heavy atom. The summed E-state index contributed by atoms with van der Waals surface area (Å²) >= 11 is 3.04. The molecule has 0 aliphatic rings. The van der Waals surface area contributed by atoms with Crippen molar-refractivity contribution in [3.63, 3.8) is 0 Å². The van der Waals surface area contributed by atoms with Crippen molar-refractivity contribution in [1.29, 1.82) is 0 Å². The van der Waals surface area contributed by atoms with Crippen LogP contribution in [0.4, 0.5) is 0 Å². The van der Waals surface area contributed by atoms with Gasteiger partial charge >= 0.3 is 5.97 Å². The highest BCUT2D eigenvalue weighted by Crippen LogP contribution is 2.12. The van der Waals surface area contributed by atoms with Crippen molar-refractivity contribution in [3.8, 4) is 0 Å². The molecule has 0 radical (unpaired) electrons. The first-order valence-electron chi connectivity index (χ1n) is 3.13. The van der Waals surface area contributed by atoms with Gasteiger partial charge in [-0.05, 0) is 22.0 Å². The fourth-order valence-corrected chi connectivity index (χ4v) is 1.42. The van der Waals surface area contributed by atoms with E-state index in [1.165, 1.54) is 19.2 Å². The lowest BCUT2D eigenvalue weighted by Crippen LogP contribution is -2.22. The molecular weight excluding hydrogens is 226 g/mol. The number of carboxylic acids is 1. The minimum atomic E-state index is -1.12. The number of aromatic carboxylic acids is 1. The van der Waals surface area contributed by atoms with Gasteiger partial charge in [0.05, 0.1) is 0 Å². The summed E-state index contributed by atoms with van der Waals surface area (Å²) in [5.74, 6) is -1.12. The molecule has 1 aromatic heterocycles. The van der Waals surface area contributed by atoms with Crippen LogP contribution in [-0.4, -0.2) is 15.6 Å². The number of pyridine rings is 1. The number of hydrogen-bond donors (Lipinski definition) is 1. The first-order chi connectivity index (χ1) is 5.54. The van der Waals surface area contributed by atoms with Gasteiger partial charge in [0.2, 0.25) is 0 Å². The van der Waals surface area contributed by atoms with Crippen LogP contribution in [0.5, 0.6) is 0 Å². The van der Waals surface area contributed by atoms with E-state index in [0.29, 0.717) is 4.47 Å². The lowest BCUT2D eigenvalue weighted by molar-refractivity contribution is 0.0684. The molecule has 0 aliphatic heterocycles. The highest BCUT2D eigenvalue weighted by molar-refractivity contribution is 9.10. The van der Waals surface area contributed by atoms with Crippen LogP contribution in [0.15, 0.2) is 21.4 Å². The Morgan fingerprint density at radius 1 is 1.58 bits per heavy atom. The number of hydrogen-bond acceptors (Lipinski definition) is 2. The second-order valence-corrected chi connectivity index (χ2v) is 3.09. The molecule has 0 aromatic carbocycles. The summed E-state index contributed by atoms with van der Waals surface area (Å²) < 4.78 is 1.48. The minimum Gasteiger partial charge on any atom is -0.477 e. The van der Waals surface area contributed by atoms with Crippen molar-refractivity contribution in [3.05, 3.63) is 32.7 Å². The monoisotopic (exact) mass is 231 g/mol. The van der Waals surface area contributed by atoms with Crippen molar-refractivity contribution in [2.75, 3.05) is 0 Å². The quantitative estimate of drug-likeness (QED) is 0.780. The molecule has 5 heteroatoms. The van der Waals surface area contributed by atoms with E-state index in [0.717, 1.165) is 4.57 Å². The molecule has 0 fully saturated rings. The average molecular weight is 232 g/mol. The van der Waals surface area contributed by atoms with E-state index in [2.05, 4.69) is 15.9 Å². The Bertz CT molecular complexity index is 383. The second kappa shape index (κ2) is 3.10. The highest BCUT2D eigenvalue weighted by Gasteiger charge is 2.11. The third kappa shape index (κ3) is 1.40. The van der Waals surface area contributed by atoms with E-state index >= 15 is 0 Å². The summed E-state index contributed by atoms with van der Waals surface area (Å²) in [6.07, 6.45) is 0. The molecule has 0 saturated heterocycles. The fourth-order valence-electron chi connectivity index (χ4n) is 0.851. The topological polar surface area (TPSA) is 59.3 Å². The molecule has 0 saturated carbocycles. The van der Waals surface area contributed by atoms with Crippen LogP contribution in [0.2, 0.25) is 0 Å². The third-order valence-corrected chi connectivity index (χ3v) is 2.11. The standard InChI is InChI=1S/C7H6BrNO3/c1-9-5(10)3-2-4(8)6(9)7(11)12/h2-3H,1H3,(H,11,12). The van der Waals surface area contributed by atoms with Gasteiger partial charge in [-0.3, -0.25) is 4.79 Å². The molecule has 64 valence electrons. The lowest BCUT2D eigenvalue weighted by Gasteiger charge is -2.03. The van der Waals surface area contributed by atoms with Crippen LogP contribution < -0.4 is 5.56 Å². The van der Waals surface area contributed by atoms with Crippen LogP contribution in [-0.2, 0) is 7.05 Å². The Hall–Kier alpha value is -1.10. The van der Waals surface area contributed by atoms with Crippen molar-refractivity contribution in [2.45, 2.75) is 0 Å². The number of aromatic nitrogens is 1. The van der Waals surface area contributed by atoms with E-state index in [1.807, 2.05) is 0 Å². The molecule has 1 rings (SSSR count). The number of halogens is 1. The van der Waals surface area contributed by atoms with Gasteiger partial charge in [0.15, 0.2) is 0 Å². The SMILES string of the molecule is Cn1c(C(=O)O)c(Br)ccc1=O. The van der Waals surface area contributed by atoms with Crippen LogP contribution in [0.1, 0.15) is 10.5 Å². The number of rotatable bonds is 1. The van der Waals surface area contributed by atoms with E-state index in [4.69, 9.17) is 5.11 Å². The molecular formula is C7H6BrNO3. The summed E-state index contributed by atoms with van der Waals surface area (Å²) in [5, 5.41) is 8.68. The van der Waals surface area contributed by atoms with Gasteiger partial charge in [0.25, 0.3) is 5.56 Å². The van der Waals surface area contributed by atoms with Crippen LogP contribution in [0, 0.1) is 0 Å². The van der Waals surface area contributed by atoms with E-state index < -0.39 is 5.97 Å². The largest absolute Gasteiger partial charge is 0.477 e. The minimum absolute atomic E-state index is 0.0394. The van der Waals surface area contributed by atoms with E-state index in [-0.39, 0.29) is 11.3 Å². The van der Waals surface area contributed by atoms with Gasteiger partial charge in [0, 0.05) is 17.6 Å². The molecule has 12 heavy (non-hydrogen) atoms. The first-order valence-corrected chi connectivity index (χ1v) is 3.92. The summed E-state index contributed by atoms with van der Waals surface area (Å²) in [7, 11) is 1.41. The van der Waals surface area contributed by atoms with Gasteiger partial charge in [-0.25, -0.2) is 4.79 Å². The third-order valence-electron chi connectivity index (χ3n) is 1.47. The molecule has 0 amide bonds. The molecule has 4 nitrogen and oxygen atoms in total. The Labute approximate surface area is 76.6 Å². The average Bonchev–Trinajstić information content (AvgIpc) is 1.97. The number of carbonyl (C=O) groups is 1. The van der Waals surface area contributed by atoms with Crippen molar-refractivity contribution >= 4 is 21.9 Å². The zero-order valence-electron chi connectivity index (χ0n) is 6.24. The lowest BCUT2D eigenvalue weighted by atomic mass is 10.3. The number of nitrogens with zero attached hydrogens (tertiary/aromatic N) is 1. The second-order valence-electron chi connectivity index (χ2n) is 2.23. The molecule has 1 heterocycles.